The highest BCUT2D eigenvalue weighted by Gasteiger charge is 2.48. The molecule has 1 aliphatic heterocycles. The molecule has 1 fully saturated rings. The summed E-state index contributed by atoms with van der Waals surface area (Å²) in [6.07, 6.45) is 2.52. The quantitative estimate of drug-likeness (QED) is 0.489. The lowest BCUT2D eigenvalue weighted by Crippen LogP contribution is -2.65. The highest BCUT2D eigenvalue weighted by Crippen LogP contribution is 2.35. The molecule has 0 spiro atoms. The first kappa shape index (κ1) is 24.7. The molecule has 5 nitrogen and oxygen atoms in total. The van der Waals surface area contributed by atoms with Gasteiger partial charge in [0, 0.05) is 38.3 Å². The fourth-order valence-corrected chi connectivity index (χ4v) is 4.94. The summed E-state index contributed by atoms with van der Waals surface area (Å²) in [7, 11) is 0. The number of anilines is 1. The van der Waals surface area contributed by atoms with Gasteiger partial charge in [0.2, 0.25) is 11.8 Å². The van der Waals surface area contributed by atoms with Crippen molar-refractivity contribution in [3.63, 3.8) is 0 Å². The largest absolute Gasteiger partial charge is 0.350 e. The van der Waals surface area contributed by atoms with Gasteiger partial charge in [-0.1, -0.05) is 85.8 Å². The molecule has 3 aromatic carbocycles. The molecule has 35 heavy (non-hydrogen) atoms. The van der Waals surface area contributed by atoms with Crippen molar-refractivity contribution in [2.24, 2.45) is 0 Å². The van der Waals surface area contributed by atoms with Crippen molar-refractivity contribution in [2.75, 3.05) is 24.5 Å². The number of carbonyl (C=O) groups excluding carboxylic acids is 2. The van der Waals surface area contributed by atoms with Crippen LogP contribution in [0, 0.1) is 0 Å². The third-order valence-electron chi connectivity index (χ3n) is 6.96. The van der Waals surface area contributed by atoms with Crippen LogP contribution in [0.25, 0.3) is 0 Å². The zero-order valence-electron chi connectivity index (χ0n) is 20.5. The molecule has 0 radical (unpaired) electrons. The van der Waals surface area contributed by atoms with Crippen LogP contribution in [0.1, 0.15) is 37.3 Å². The van der Waals surface area contributed by atoms with Gasteiger partial charge in [-0.05, 0) is 42.5 Å². The zero-order valence-corrected chi connectivity index (χ0v) is 20.5. The monoisotopic (exact) mass is 469 g/mol. The van der Waals surface area contributed by atoms with Crippen LogP contribution in [0.4, 0.5) is 5.69 Å². The molecular formula is C30H35N3O2. The smallest absolute Gasteiger partial charge is 0.246 e. The van der Waals surface area contributed by atoms with E-state index in [-0.39, 0.29) is 11.8 Å². The maximum Gasteiger partial charge on any atom is 0.246 e. The van der Waals surface area contributed by atoms with Gasteiger partial charge in [0.25, 0.3) is 0 Å². The fourth-order valence-electron chi connectivity index (χ4n) is 4.94. The summed E-state index contributed by atoms with van der Waals surface area (Å²) < 4.78 is 0. The number of nitrogens with one attached hydrogen (secondary N) is 1. The Hall–Kier alpha value is -3.44. The number of carbonyl (C=O) groups is 2. The Morgan fingerprint density at radius 1 is 0.829 bits per heavy atom. The van der Waals surface area contributed by atoms with Crippen LogP contribution in [-0.4, -0.2) is 41.9 Å². The topological polar surface area (TPSA) is 52.7 Å². The molecule has 2 amide bonds. The standard InChI is InChI=1S/C30H35N3O2/c1-2-28(34)33(27-16-10-5-11-17-27)30(29(35)31-24-26-14-8-4-9-15-26)19-22-32(23-20-30)21-18-25-12-6-3-7-13-25/h3-17H,2,18-24H2,1H3,(H,31,35). The minimum Gasteiger partial charge on any atom is -0.350 e. The van der Waals surface area contributed by atoms with Crippen molar-refractivity contribution in [3.8, 4) is 0 Å². The molecular weight excluding hydrogens is 434 g/mol. The van der Waals surface area contributed by atoms with Gasteiger partial charge >= 0.3 is 0 Å². The van der Waals surface area contributed by atoms with Gasteiger partial charge in [-0.25, -0.2) is 0 Å². The van der Waals surface area contributed by atoms with E-state index in [2.05, 4.69) is 34.5 Å². The van der Waals surface area contributed by atoms with Crippen molar-refractivity contribution in [1.82, 2.24) is 10.2 Å². The Morgan fingerprint density at radius 3 is 1.94 bits per heavy atom. The summed E-state index contributed by atoms with van der Waals surface area (Å²) in [5, 5.41) is 3.16. The van der Waals surface area contributed by atoms with Gasteiger partial charge in [0.05, 0.1) is 0 Å². The zero-order chi connectivity index (χ0) is 24.5. The predicted octanol–water partition coefficient (Wildman–Crippen LogP) is 4.82. The molecule has 0 atom stereocenters. The van der Waals surface area contributed by atoms with Gasteiger partial charge in [0.15, 0.2) is 0 Å². The second kappa shape index (κ2) is 11.8. The number of para-hydroxylation sites is 1. The van der Waals surface area contributed by atoms with E-state index in [0.717, 1.165) is 37.3 Å². The lowest BCUT2D eigenvalue weighted by Gasteiger charge is -2.47. The summed E-state index contributed by atoms with van der Waals surface area (Å²) in [4.78, 5) is 31.4. The average molecular weight is 470 g/mol. The Bertz CT molecular complexity index is 1080. The van der Waals surface area contributed by atoms with Crippen LogP contribution < -0.4 is 10.2 Å². The van der Waals surface area contributed by atoms with Gasteiger partial charge in [-0.3, -0.25) is 14.5 Å². The van der Waals surface area contributed by atoms with E-state index in [0.29, 0.717) is 25.8 Å². The number of likely N-dealkylation sites (tertiary alicyclic amines) is 1. The van der Waals surface area contributed by atoms with E-state index >= 15 is 0 Å². The molecule has 1 heterocycles. The summed E-state index contributed by atoms with van der Waals surface area (Å²) in [5.41, 5.74) is 2.24. The first-order valence-electron chi connectivity index (χ1n) is 12.6. The molecule has 0 unspecified atom stereocenters. The lowest BCUT2D eigenvalue weighted by atomic mass is 9.83. The van der Waals surface area contributed by atoms with Crippen LogP contribution in [-0.2, 0) is 22.6 Å². The van der Waals surface area contributed by atoms with Gasteiger partial charge in [-0.15, -0.1) is 0 Å². The molecule has 1 N–H and O–H groups in total. The number of amides is 2. The number of hydrogen-bond acceptors (Lipinski definition) is 3. The molecule has 182 valence electrons. The van der Waals surface area contributed by atoms with E-state index in [1.807, 2.05) is 73.7 Å². The first-order valence-corrected chi connectivity index (χ1v) is 12.6. The van der Waals surface area contributed by atoms with Gasteiger partial charge < -0.3 is 10.2 Å². The second-order valence-electron chi connectivity index (χ2n) is 9.20. The molecule has 0 saturated carbocycles. The third-order valence-corrected chi connectivity index (χ3v) is 6.96. The molecule has 0 bridgehead atoms. The van der Waals surface area contributed by atoms with Crippen molar-refractivity contribution in [2.45, 2.75) is 44.7 Å². The molecule has 1 saturated heterocycles. The van der Waals surface area contributed by atoms with E-state index in [9.17, 15) is 9.59 Å². The van der Waals surface area contributed by atoms with E-state index < -0.39 is 5.54 Å². The van der Waals surface area contributed by atoms with E-state index in [1.54, 1.807) is 4.90 Å². The van der Waals surface area contributed by atoms with Gasteiger partial charge in [0.1, 0.15) is 5.54 Å². The van der Waals surface area contributed by atoms with Crippen molar-refractivity contribution in [3.05, 3.63) is 102 Å². The number of piperidine rings is 1. The van der Waals surface area contributed by atoms with Crippen LogP contribution >= 0.6 is 0 Å². The number of benzene rings is 3. The number of hydrogen-bond donors (Lipinski definition) is 1. The van der Waals surface area contributed by atoms with Crippen molar-refractivity contribution >= 4 is 17.5 Å². The Balaban J connectivity index is 1.55. The summed E-state index contributed by atoms with van der Waals surface area (Å²) in [5.74, 6) is -0.0986. The predicted molar refractivity (Wildman–Crippen MR) is 141 cm³/mol. The second-order valence-corrected chi connectivity index (χ2v) is 9.20. The summed E-state index contributed by atoms with van der Waals surface area (Å²) >= 11 is 0. The number of rotatable bonds is 9. The van der Waals surface area contributed by atoms with Gasteiger partial charge in [-0.2, -0.15) is 0 Å². The third kappa shape index (κ3) is 5.98. The van der Waals surface area contributed by atoms with Crippen molar-refractivity contribution < 1.29 is 9.59 Å². The summed E-state index contributed by atoms with van der Waals surface area (Å²) in [6.45, 7) is 4.79. The molecule has 0 aliphatic carbocycles. The molecule has 0 aromatic heterocycles. The van der Waals surface area contributed by atoms with Crippen LogP contribution in [0.15, 0.2) is 91.0 Å². The maximum atomic E-state index is 13.9. The highest BCUT2D eigenvalue weighted by atomic mass is 16.2. The van der Waals surface area contributed by atoms with E-state index in [1.165, 1.54) is 5.56 Å². The molecule has 1 aliphatic rings. The fraction of sp³-hybridized carbons (Fsp3) is 0.333. The molecule has 3 aromatic rings. The maximum absolute atomic E-state index is 13.9. The average Bonchev–Trinajstić information content (AvgIpc) is 2.93. The van der Waals surface area contributed by atoms with Crippen LogP contribution in [0.2, 0.25) is 0 Å². The normalized spacial score (nSPS) is 15.3. The SMILES string of the molecule is CCC(=O)N(c1ccccc1)C1(C(=O)NCc2ccccc2)CCN(CCc2ccccc2)CC1. The van der Waals surface area contributed by atoms with Crippen LogP contribution in [0.3, 0.4) is 0 Å². The highest BCUT2D eigenvalue weighted by molar-refractivity contribution is 6.03. The lowest BCUT2D eigenvalue weighted by molar-refractivity contribution is -0.132. The summed E-state index contributed by atoms with van der Waals surface area (Å²) in [6, 6.07) is 30.1. The first-order chi connectivity index (χ1) is 17.1. The Labute approximate surface area is 208 Å². The molecule has 5 heteroatoms. The van der Waals surface area contributed by atoms with Crippen molar-refractivity contribution in [1.29, 1.82) is 0 Å². The minimum absolute atomic E-state index is 0.0243. The van der Waals surface area contributed by atoms with Crippen LogP contribution in [0.5, 0.6) is 0 Å². The number of nitrogens with zero attached hydrogens (tertiary/aromatic N) is 2. The minimum atomic E-state index is -0.910. The molecule has 4 rings (SSSR count). The van der Waals surface area contributed by atoms with E-state index in [4.69, 9.17) is 0 Å². The Kier molecular flexibility index (Phi) is 8.32. The Morgan fingerprint density at radius 2 is 1.37 bits per heavy atom.